The zero-order valence-corrected chi connectivity index (χ0v) is 20.4. The van der Waals surface area contributed by atoms with E-state index in [1.807, 2.05) is 79.7 Å². The summed E-state index contributed by atoms with van der Waals surface area (Å²) in [5.74, 6) is 0.861. The predicted molar refractivity (Wildman–Crippen MR) is 134 cm³/mol. The van der Waals surface area contributed by atoms with Crippen LogP contribution in [0.2, 0.25) is 0 Å². The Balaban J connectivity index is 1.56. The number of hydrogen-bond donors (Lipinski definition) is 0. The third-order valence-corrected chi connectivity index (χ3v) is 6.41. The maximum absolute atomic E-state index is 12.9. The van der Waals surface area contributed by atoms with E-state index in [4.69, 9.17) is 9.47 Å². The Morgan fingerprint density at radius 1 is 0.939 bits per heavy atom. The van der Waals surface area contributed by atoms with Gasteiger partial charge in [-0.15, -0.1) is 0 Å². The average Bonchev–Trinajstić information content (AvgIpc) is 3.07. The number of nitrogens with zero attached hydrogens (tertiary/aromatic N) is 1. The minimum absolute atomic E-state index is 0.253. The fourth-order valence-electron chi connectivity index (χ4n) is 3.36. The van der Waals surface area contributed by atoms with Crippen LogP contribution in [0.4, 0.5) is 4.79 Å². The number of hydrogen-bond acceptors (Lipinski definition) is 5. The third-order valence-electron chi connectivity index (χ3n) is 4.91. The zero-order valence-electron chi connectivity index (χ0n) is 18.0. The van der Waals surface area contributed by atoms with Crippen molar-refractivity contribution in [2.24, 2.45) is 0 Å². The van der Waals surface area contributed by atoms with Crippen LogP contribution in [-0.2, 0) is 17.9 Å². The Hall–Kier alpha value is -3.03. The van der Waals surface area contributed by atoms with Crippen LogP contribution in [0.5, 0.6) is 11.5 Å². The summed E-state index contributed by atoms with van der Waals surface area (Å²) in [6, 6.07) is 23.0. The molecule has 0 N–H and O–H groups in total. The highest BCUT2D eigenvalue weighted by atomic mass is 79.9. The Kier molecular flexibility index (Phi) is 7.52. The molecule has 3 aromatic carbocycles. The van der Waals surface area contributed by atoms with Crippen LogP contribution in [0.3, 0.4) is 0 Å². The quantitative estimate of drug-likeness (QED) is 0.309. The van der Waals surface area contributed by atoms with Crippen molar-refractivity contribution in [3.8, 4) is 11.5 Å². The fraction of sp³-hybridized carbons (Fsp3) is 0.154. The van der Waals surface area contributed by atoms with E-state index in [-0.39, 0.29) is 17.7 Å². The molecule has 3 aromatic rings. The largest absolute Gasteiger partial charge is 0.490 e. The maximum atomic E-state index is 12.9. The topological polar surface area (TPSA) is 55.8 Å². The molecule has 0 aromatic heterocycles. The van der Waals surface area contributed by atoms with Crippen molar-refractivity contribution >= 4 is 44.9 Å². The van der Waals surface area contributed by atoms with Crippen molar-refractivity contribution in [2.45, 2.75) is 20.1 Å². The van der Waals surface area contributed by atoms with Gasteiger partial charge in [-0.2, -0.15) is 0 Å². The molecule has 0 bridgehead atoms. The van der Waals surface area contributed by atoms with Gasteiger partial charge >= 0.3 is 0 Å². The molecule has 5 nitrogen and oxygen atoms in total. The lowest BCUT2D eigenvalue weighted by molar-refractivity contribution is -0.123. The molecule has 0 aliphatic carbocycles. The van der Waals surface area contributed by atoms with E-state index in [1.54, 1.807) is 6.08 Å². The minimum Gasteiger partial charge on any atom is -0.490 e. The molecule has 1 aliphatic heterocycles. The van der Waals surface area contributed by atoms with Crippen LogP contribution in [0.25, 0.3) is 6.08 Å². The average molecular weight is 524 g/mol. The summed E-state index contributed by atoms with van der Waals surface area (Å²) in [6.07, 6.45) is 1.71. The van der Waals surface area contributed by atoms with Crippen LogP contribution < -0.4 is 9.47 Å². The molecule has 1 fully saturated rings. The van der Waals surface area contributed by atoms with Gasteiger partial charge in [0, 0.05) is 0 Å². The van der Waals surface area contributed by atoms with E-state index in [0.717, 1.165) is 28.5 Å². The van der Waals surface area contributed by atoms with E-state index in [0.29, 0.717) is 34.1 Å². The summed E-state index contributed by atoms with van der Waals surface area (Å²) < 4.78 is 12.5. The van der Waals surface area contributed by atoms with Crippen LogP contribution in [0.15, 0.2) is 82.2 Å². The number of imide groups is 1. The second-order valence-corrected chi connectivity index (χ2v) is 9.14. The first-order valence-electron chi connectivity index (χ1n) is 10.5. The van der Waals surface area contributed by atoms with E-state index in [9.17, 15) is 9.59 Å². The van der Waals surface area contributed by atoms with Crippen LogP contribution >= 0.6 is 27.7 Å². The Labute approximate surface area is 205 Å². The van der Waals surface area contributed by atoms with Crippen molar-refractivity contribution in [3.05, 3.63) is 98.9 Å². The van der Waals surface area contributed by atoms with Gasteiger partial charge in [-0.25, -0.2) is 0 Å². The normalized spacial score (nSPS) is 14.7. The van der Waals surface area contributed by atoms with Crippen molar-refractivity contribution < 1.29 is 19.1 Å². The lowest BCUT2D eigenvalue weighted by Gasteiger charge is -2.15. The molecule has 33 heavy (non-hydrogen) atoms. The van der Waals surface area contributed by atoms with Crippen LogP contribution in [0.1, 0.15) is 23.6 Å². The summed E-state index contributed by atoms with van der Waals surface area (Å²) in [6.45, 7) is 3.02. The first kappa shape index (κ1) is 23.1. The third kappa shape index (κ3) is 5.67. The standard InChI is InChI=1S/C26H22BrNO4S/c1-2-31-22-14-20(13-21(27)24(22)32-17-19-11-7-4-8-12-19)15-23-25(29)28(26(30)33-23)16-18-9-5-3-6-10-18/h3-15H,2,16-17H2,1H3/b23-15+. The predicted octanol–water partition coefficient (Wildman–Crippen LogP) is 6.66. The number of amides is 2. The van der Waals surface area contributed by atoms with Crippen LogP contribution in [0, 0.1) is 0 Å². The number of thioether (sulfide) groups is 1. The molecule has 4 rings (SSSR count). The summed E-state index contributed by atoms with van der Waals surface area (Å²) >= 11 is 4.51. The van der Waals surface area contributed by atoms with Gasteiger partial charge in [0.2, 0.25) is 0 Å². The molecular formula is C26H22BrNO4S. The smallest absolute Gasteiger partial charge is 0.293 e. The zero-order chi connectivity index (χ0) is 23.2. The van der Waals surface area contributed by atoms with Crippen LogP contribution in [-0.4, -0.2) is 22.7 Å². The molecule has 2 amide bonds. The minimum atomic E-state index is -0.299. The van der Waals surface area contributed by atoms with Gasteiger partial charge in [-0.3, -0.25) is 14.5 Å². The van der Waals surface area contributed by atoms with E-state index in [2.05, 4.69) is 15.9 Å². The lowest BCUT2D eigenvalue weighted by atomic mass is 10.1. The summed E-state index contributed by atoms with van der Waals surface area (Å²) in [5, 5.41) is -0.276. The van der Waals surface area contributed by atoms with Gasteiger partial charge in [0.15, 0.2) is 11.5 Å². The Bertz CT molecular complexity index is 1180. The second kappa shape index (κ2) is 10.7. The number of halogens is 1. The van der Waals surface area contributed by atoms with E-state index in [1.165, 1.54) is 4.90 Å². The van der Waals surface area contributed by atoms with E-state index >= 15 is 0 Å². The van der Waals surface area contributed by atoms with Gasteiger partial charge in [0.25, 0.3) is 11.1 Å². The maximum Gasteiger partial charge on any atom is 0.293 e. The van der Waals surface area contributed by atoms with Gasteiger partial charge in [-0.1, -0.05) is 60.7 Å². The van der Waals surface area contributed by atoms with Crippen molar-refractivity contribution in [1.82, 2.24) is 4.90 Å². The number of rotatable bonds is 8. The monoisotopic (exact) mass is 523 g/mol. The number of carbonyl (C=O) groups excluding carboxylic acids is 2. The van der Waals surface area contributed by atoms with Gasteiger partial charge in [0.05, 0.1) is 22.5 Å². The van der Waals surface area contributed by atoms with E-state index < -0.39 is 0 Å². The van der Waals surface area contributed by atoms with Gasteiger partial charge in [-0.05, 0) is 69.5 Å². The highest BCUT2D eigenvalue weighted by molar-refractivity contribution is 9.10. The van der Waals surface area contributed by atoms with Crippen molar-refractivity contribution in [3.63, 3.8) is 0 Å². The van der Waals surface area contributed by atoms with Gasteiger partial charge in [0.1, 0.15) is 6.61 Å². The molecule has 7 heteroatoms. The molecule has 1 saturated heterocycles. The molecule has 1 aliphatic rings. The first-order chi connectivity index (χ1) is 16.0. The number of ether oxygens (including phenoxy) is 2. The Morgan fingerprint density at radius 3 is 2.27 bits per heavy atom. The molecule has 0 saturated carbocycles. The summed E-state index contributed by atoms with van der Waals surface area (Å²) in [5.41, 5.74) is 2.69. The molecule has 0 atom stereocenters. The summed E-state index contributed by atoms with van der Waals surface area (Å²) in [4.78, 5) is 27.0. The van der Waals surface area contributed by atoms with Crippen molar-refractivity contribution in [1.29, 1.82) is 0 Å². The Morgan fingerprint density at radius 2 is 1.61 bits per heavy atom. The molecule has 168 valence electrons. The highest BCUT2D eigenvalue weighted by Crippen LogP contribution is 2.40. The van der Waals surface area contributed by atoms with Gasteiger partial charge < -0.3 is 9.47 Å². The molecule has 1 heterocycles. The van der Waals surface area contributed by atoms with Crippen molar-refractivity contribution in [2.75, 3.05) is 6.61 Å². The number of benzene rings is 3. The molecule has 0 radical (unpaired) electrons. The molecular weight excluding hydrogens is 502 g/mol. The SMILES string of the molecule is CCOc1cc(/C=C2/SC(=O)N(Cc3ccccc3)C2=O)cc(Br)c1OCc1ccccc1. The fourth-order valence-corrected chi connectivity index (χ4v) is 4.77. The lowest BCUT2D eigenvalue weighted by Crippen LogP contribution is -2.27. The number of carbonyl (C=O) groups is 2. The molecule has 0 unspecified atom stereocenters. The first-order valence-corrected chi connectivity index (χ1v) is 12.1. The highest BCUT2D eigenvalue weighted by Gasteiger charge is 2.35. The summed E-state index contributed by atoms with van der Waals surface area (Å²) in [7, 11) is 0. The second-order valence-electron chi connectivity index (χ2n) is 7.29. The molecule has 0 spiro atoms.